The van der Waals surface area contributed by atoms with Crippen molar-refractivity contribution in [2.75, 3.05) is 33.5 Å². The minimum Gasteiger partial charge on any atom is -0.371 e. The van der Waals surface area contributed by atoms with E-state index in [-0.39, 0.29) is 6.79 Å². The maximum Gasteiger partial charge on any atom is 0.143 e. The summed E-state index contributed by atoms with van der Waals surface area (Å²) in [6.45, 7) is 4.58. The summed E-state index contributed by atoms with van der Waals surface area (Å²) in [5.41, 5.74) is 0. The second-order valence-corrected chi connectivity index (χ2v) is 2.34. The monoisotopic (exact) mass is 147 g/mol. The SMILES string of the molecule is CCCN(C)CCOCO. The molecule has 0 saturated heterocycles. The number of aliphatic hydroxyl groups excluding tert-OH is 1. The van der Waals surface area contributed by atoms with Crippen LogP contribution in [-0.2, 0) is 4.74 Å². The lowest BCUT2D eigenvalue weighted by molar-refractivity contribution is -0.00780. The van der Waals surface area contributed by atoms with Crippen LogP contribution in [0.25, 0.3) is 0 Å². The highest BCUT2D eigenvalue weighted by atomic mass is 16.6. The van der Waals surface area contributed by atoms with Crippen LogP contribution in [0.1, 0.15) is 13.3 Å². The van der Waals surface area contributed by atoms with Crippen molar-refractivity contribution in [2.24, 2.45) is 0 Å². The summed E-state index contributed by atoms with van der Waals surface area (Å²) in [7, 11) is 2.05. The summed E-state index contributed by atoms with van der Waals surface area (Å²) in [4.78, 5) is 2.18. The van der Waals surface area contributed by atoms with Crippen LogP contribution in [0.5, 0.6) is 0 Å². The minimum atomic E-state index is -0.167. The van der Waals surface area contributed by atoms with Gasteiger partial charge >= 0.3 is 0 Å². The van der Waals surface area contributed by atoms with Crippen molar-refractivity contribution in [1.29, 1.82) is 0 Å². The lowest BCUT2D eigenvalue weighted by Gasteiger charge is -2.14. The van der Waals surface area contributed by atoms with Gasteiger partial charge in [0.15, 0.2) is 0 Å². The standard InChI is InChI=1S/C7H17NO2/c1-3-4-8(2)5-6-10-7-9/h9H,3-7H2,1-2H3. The second-order valence-electron chi connectivity index (χ2n) is 2.34. The summed E-state index contributed by atoms with van der Waals surface area (Å²) < 4.78 is 4.76. The molecule has 0 rings (SSSR count). The number of ether oxygens (including phenoxy) is 1. The van der Waals surface area contributed by atoms with E-state index in [4.69, 9.17) is 9.84 Å². The molecular formula is C7H17NO2. The van der Waals surface area contributed by atoms with Gasteiger partial charge in [-0.3, -0.25) is 0 Å². The van der Waals surface area contributed by atoms with Gasteiger partial charge in [0.2, 0.25) is 0 Å². The van der Waals surface area contributed by atoms with E-state index in [2.05, 4.69) is 11.8 Å². The molecule has 62 valence electrons. The Morgan fingerprint density at radius 1 is 1.40 bits per heavy atom. The van der Waals surface area contributed by atoms with Crippen LogP contribution >= 0.6 is 0 Å². The van der Waals surface area contributed by atoms with Crippen LogP contribution in [0.15, 0.2) is 0 Å². The van der Waals surface area contributed by atoms with Gasteiger partial charge in [0.05, 0.1) is 6.61 Å². The van der Waals surface area contributed by atoms with E-state index in [1.165, 1.54) is 0 Å². The zero-order chi connectivity index (χ0) is 7.82. The van der Waals surface area contributed by atoms with Gasteiger partial charge in [-0.25, -0.2) is 0 Å². The molecule has 0 aliphatic heterocycles. The van der Waals surface area contributed by atoms with E-state index in [1.807, 2.05) is 7.05 Å². The number of aliphatic hydroxyl groups is 1. The molecule has 0 saturated carbocycles. The van der Waals surface area contributed by atoms with Crippen LogP contribution in [0.4, 0.5) is 0 Å². The quantitative estimate of drug-likeness (QED) is 0.433. The van der Waals surface area contributed by atoms with Crippen LogP contribution in [0, 0.1) is 0 Å². The van der Waals surface area contributed by atoms with Crippen molar-refractivity contribution < 1.29 is 9.84 Å². The van der Waals surface area contributed by atoms with E-state index in [1.54, 1.807) is 0 Å². The molecule has 0 bridgehead atoms. The van der Waals surface area contributed by atoms with Crippen LogP contribution in [0.3, 0.4) is 0 Å². The zero-order valence-corrected chi connectivity index (χ0v) is 6.84. The van der Waals surface area contributed by atoms with Gasteiger partial charge in [-0.15, -0.1) is 0 Å². The van der Waals surface area contributed by atoms with Crippen molar-refractivity contribution in [1.82, 2.24) is 4.90 Å². The fourth-order valence-corrected chi connectivity index (χ4v) is 0.778. The minimum absolute atomic E-state index is 0.167. The van der Waals surface area contributed by atoms with Crippen LogP contribution in [-0.4, -0.2) is 43.5 Å². The summed E-state index contributed by atoms with van der Waals surface area (Å²) in [5.74, 6) is 0. The maximum atomic E-state index is 8.27. The molecule has 0 fully saturated rings. The first-order chi connectivity index (χ1) is 4.81. The molecular weight excluding hydrogens is 130 g/mol. The fraction of sp³-hybridized carbons (Fsp3) is 1.00. The highest BCUT2D eigenvalue weighted by Gasteiger charge is 1.93. The van der Waals surface area contributed by atoms with Crippen molar-refractivity contribution in [3.63, 3.8) is 0 Å². The third-order valence-electron chi connectivity index (χ3n) is 1.31. The van der Waals surface area contributed by atoms with Gasteiger partial charge in [-0.05, 0) is 20.0 Å². The van der Waals surface area contributed by atoms with Gasteiger partial charge in [0, 0.05) is 6.54 Å². The van der Waals surface area contributed by atoms with Crippen molar-refractivity contribution >= 4 is 0 Å². The van der Waals surface area contributed by atoms with Crippen molar-refractivity contribution in [2.45, 2.75) is 13.3 Å². The Hall–Kier alpha value is -0.120. The summed E-state index contributed by atoms with van der Waals surface area (Å²) in [6, 6.07) is 0. The Morgan fingerprint density at radius 3 is 2.60 bits per heavy atom. The molecule has 0 amide bonds. The van der Waals surface area contributed by atoms with Crippen molar-refractivity contribution in [3.05, 3.63) is 0 Å². The molecule has 0 aromatic rings. The largest absolute Gasteiger partial charge is 0.371 e. The Balaban J connectivity index is 2.97. The first kappa shape index (κ1) is 9.88. The Bertz CT molecular complexity index is 68.6. The topological polar surface area (TPSA) is 32.7 Å². The first-order valence-corrected chi connectivity index (χ1v) is 3.68. The predicted molar refractivity (Wildman–Crippen MR) is 40.8 cm³/mol. The molecule has 3 nitrogen and oxygen atoms in total. The van der Waals surface area contributed by atoms with Gasteiger partial charge < -0.3 is 14.7 Å². The van der Waals surface area contributed by atoms with E-state index in [0.29, 0.717) is 6.61 Å². The zero-order valence-electron chi connectivity index (χ0n) is 6.84. The molecule has 10 heavy (non-hydrogen) atoms. The Labute approximate surface area is 62.6 Å². The average Bonchev–Trinajstić information content (AvgIpc) is 1.89. The number of rotatable bonds is 6. The third-order valence-corrected chi connectivity index (χ3v) is 1.31. The van der Waals surface area contributed by atoms with E-state index >= 15 is 0 Å². The second kappa shape index (κ2) is 6.99. The molecule has 0 unspecified atom stereocenters. The number of hydrogen-bond acceptors (Lipinski definition) is 3. The van der Waals surface area contributed by atoms with E-state index < -0.39 is 0 Å². The Morgan fingerprint density at radius 2 is 2.10 bits per heavy atom. The van der Waals surface area contributed by atoms with E-state index in [9.17, 15) is 0 Å². The number of hydrogen-bond donors (Lipinski definition) is 1. The molecule has 0 heterocycles. The van der Waals surface area contributed by atoms with Crippen molar-refractivity contribution in [3.8, 4) is 0 Å². The van der Waals surface area contributed by atoms with Gasteiger partial charge in [0.1, 0.15) is 6.79 Å². The maximum absolute atomic E-state index is 8.27. The molecule has 0 aromatic carbocycles. The molecule has 0 aromatic heterocycles. The summed E-state index contributed by atoms with van der Waals surface area (Å²) in [5, 5.41) is 8.27. The predicted octanol–water partition coefficient (Wildman–Crippen LogP) is 0.295. The van der Waals surface area contributed by atoms with Gasteiger partial charge in [-0.1, -0.05) is 6.92 Å². The number of nitrogens with zero attached hydrogens (tertiary/aromatic N) is 1. The molecule has 0 spiro atoms. The summed E-state index contributed by atoms with van der Waals surface area (Å²) in [6.07, 6.45) is 1.16. The normalized spacial score (nSPS) is 10.8. The highest BCUT2D eigenvalue weighted by Crippen LogP contribution is 1.85. The lowest BCUT2D eigenvalue weighted by atomic mass is 10.4. The molecule has 1 N–H and O–H groups in total. The van der Waals surface area contributed by atoms with Gasteiger partial charge in [-0.2, -0.15) is 0 Å². The average molecular weight is 147 g/mol. The Kier molecular flexibility index (Phi) is 6.91. The first-order valence-electron chi connectivity index (χ1n) is 3.68. The van der Waals surface area contributed by atoms with Crippen LogP contribution in [0.2, 0.25) is 0 Å². The molecule has 0 aliphatic carbocycles. The number of likely N-dealkylation sites (N-methyl/N-ethyl adjacent to an activating group) is 1. The smallest absolute Gasteiger partial charge is 0.143 e. The molecule has 0 atom stereocenters. The molecule has 0 radical (unpaired) electrons. The highest BCUT2D eigenvalue weighted by molar-refractivity contribution is 4.46. The third kappa shape index (κ3) is 6.01. The summed E-state index contributed by atoms with van der Waals surface area (Å²) >= 11 is 0. The molecule has 3 heteroatoms. The lowest BCUT2D eigenvalue weighted by Crippen LogP contribution is -2.23. The van der Waals surface area contributed by atoms with Crippen LogP contribution < -0.4 is 0 Å². The fourth-order valence-electron chi connectivity index (χ4n) is 0.778. The molecule has 0 aliphatic rings. The van der Waals surface area contributed by atoms with Gasteiger partial charge in [0.25, 0.3) is 0 Å². The van der Waals surface area contributed by atoms with E-state index in [0.717, 1.165) is 19.5 Å².